The lowest BCUT2D eigenvalue weighted by atomic mass is 10.3. The molecule has 0 aliphatic carbocycles. The largest absolute Gasteiger partial charge is 0.405 e. The Bertz CT molecular complexity index is 278. The highest BCUT2D eigenvalue weighted by Gasteiger charge is 2.28. The van der Waals surface area contributed by atoms with Gasteiger partial charge < -0.3 is 16.0 Å². The number of nitrogens with zero attached hydrogens (tertiary/aromatic N) is 2. The van der Waals surface area contributed by atoms with Crippen LogP contribution in [0.2, 0.25) is 0 Å². The minimum absolute atomic E-state index is 0.0286. The van der Waals surface area contributed by atoms with E-state index in [-0.39, 0.29) is 6.54 Å². The number of piperazine rings is 1. The number of carbonyl (C=O) groups excluding carboxylic acids is 1. The number of hydrogen-bond acceptors (Lipinski definition) is 4. The Hall–Kier alpha value is -0.860. The number of hydrogen-bond donors (Lipinski definition) is 2. The third kappa shape index (κ3) is 7.34. The highest BCUT2D eigenvalue weighted by atomic mass is 19.4. The summed E-state index contributed by atoms with van der Waals surface area (Å²) in [5, 5.41) is 1.88. The maximum atomic E-state index is 11.9. The average molecular weight is 282 g/mol. The van der Waals surface area contributed by atoms with Gasteiger partial charge in [-0.25, -0.2) is 0 Å². The van der Waals surface area contributed by atoms with Crippen molar-refractivity contribution in [1.82, 2.24) is 15.1 Å². The normalized spacial score (nSPS) is 18.5. The van der Waals surface area contributed by atoms with E-state index in [1.807, 2.05) is 10.2 Å². The van der Waals surface area contributed by atoms with Gasteiger partial charge in [0.25, 0.3) is 0 Å². The molecule has 19 heavy (non-hydrogen) atoms. The molecule has 112 valence electrons. The van der Waals surface area contributed by atoms with Crippen LogP contribution in [0.3, 0.4) is 0 Å². The number of nitrogens with one attached hydrogen (secondary N) is 1. The van der Waals surface area contributed by atoms with Crippen LogP contribution in [0.25, 0.3) is 0 Å². The average Bonchev–Trinajstić information content (AvgIpc) is 2.35. The smallest absolute Gasteiger partial charge is 0.346 e. The van der Waals surface area contributed by atoms with Gasteiger partial charge in [0.2, 0.25) is 5.91 Å². The fourth-order valence-electron chi connectivity index (χ4n) is 1.94. The SMILES string of the molecule is NCCCN1CCN(CC(=O)NCC(F)(F)F)CC1. The van der Waals surface area contributed by atoms with Crippen molar-refractivity contribution in [2.24, 2.45) is 5.73 Å². The van der Waals surface area contributed by atoms with Crippen molar-refractivity contribution in [2.75, 3.05) is 52.4 Å². The van der Waals surface area contributed by atoms with Crippen LogP contribution in [-0.4, -0.2) is 74.2 Å². The lowest BCUT2D eigenvalue weighted by Gasteiger charge is -2.34. The Balaban J connectivity index is 2.16. The van der Waals surface area contributed by atoms with Crippen molar-refractivity contribution in [1.29, 1.82) is 0 Å². The molecule has 0 aromatic carbocycles. The van der Waals surface area contributed by atoms with Crippen LogP contribution in [0.4, 0.5) is 13.2 Å². The first-order chi connectivity index (χ1) is 8.90. The number of nitrogens with two attached hydrogens (primary N) is 1. The van der Waals surface area contributed by atoms with E-state index in [0.29, 0.717) is 19.6 Å². The molecule has 0 aromatic heterocycles. The maximum Gasteiger partial charge on any atom is 0.405 e. The molecule has 0 spiro atoms. The quantitative estimate of drug-likeness (QED) is 0.698. The Morgan fingerprint density at radius 2 is 1.74 bits per heavy atom. The lowest BCUT2D eigenvalue weighted by Crippen LogP contribution is -2.50. The summed E-state index contributed by atoms with van der Waals surface area (Å²) >= 11 is 0. The molecule has 1 fully saturated rings. The van der Waals surface area contributed by atoms with Crippen LogP contribution in [0, 0.1) is 0 Å². The van der Waals surface area contributed by atoms with E-state index in [1.54, 1.807) is 0 Å². The molecular weight excluding hydrogens is 261 g/mol. The summed E-state index contributed by atoms with van der Waals surface area (Å²) in [7, 11) is 0. The second-order valence-corrected chi connectivity index (χ2v) is 4.65. The molecule has 8 heteroatoms. The van der Waals surface area contributed by atoms with E-state index < -0.39 is 18.6 Å². The van der Waals surface area contributed by atoms with Gasteiger partial charge in [-0.2, -0.15) is 13.2 Å². The van der Waals surface area contributed by atoms with Crippen molar-refractivity contribution in [2.45, 2.75) is 12.6 Å². The molecule has 1 aliphatic heterocycles. The summed E-state index contributed by atoms with van der Waals surface area (Å²) < 4.78 is 35.8. The third-order valence-corrected chi connectivity index (χ3v) is 3.00. The number of amides is 1. The predicted molar refractivity (Wildman–Crippen MR) is 65.6 cm³/mol. The first-order valence-corrected chi connectivity index (χ1v) is 6.39. The molecular formula is C11H21F3N4O. The molecule has 0 atom stereocenters. The molecule has 0 saturated carbocycles. The first kappa shape index (κ1) is 16.2. The van der Waals surface area contributed by atoms with Crippen LogP contribution in [0.1, 0.15) is 6.42 Å². The summed E-state index contributed by atoms with van der Waals surface area (Å²) in [6, 6.07) is 0. The van der Waals surface area contributed by atoms with Gasteiger partial charge in [0, 0.05) is 26.2 Å². The minimum Gasteiger partial charge on any atom is -0.346 e. The summed E-state index contributed by atoms with van der Waals surface area (Å²) in [4.78, 5) is 15.4. The number of carbonyl (C=O) groups is 1. The van der Waals surface area contributed by atoms with Crippen LogP contribution >= 0.6 is 0 Å². The van der Waals surface area contributed by atoms with Crippen molar-refractivity contribution in [3.05, 3.63) is 0 Å². The van der Waals surface area contributed by atoms with Crippen molar-refractivity contribution >= 4 is 5.91 Å². The third-order valence-electron chi connectivity index (χ3n) is 3.00. The summed E-state index contributed by atoms with van der Waals surface area (Å²) in [5.41, 5.74) is 5.43. The monoisotopic (exact) mass is 282 g/mol. The van der Waals surface area contributed by atoms with Crippen molar-refractivity contribution in [3.63, 3.8) is 0 Å². The summed E-state index contributed by atoms with van der Waals surface area (Å²) in [6.45, 7) is 3.40. The molecule has 0 unspecified atom stereocenters. The van der Waals surface area contributed by atoms with Gasteiger partial charge in [-0.15, -0.1) is 0 Å². The second kappa shape index (κ2) is 7.66. The van der Waals surface area contributed by atoms with Crippen molar-refractivity contribution < 1.29 is 18.0 Å². The van der Waals surface area contributed by atoms with E-state index in [4.69, 9.17) is 5.73 Å². The Labute approximate surface area is 110 Å². The van der Waals surface area contributed by atoms with Crippen LogP contribution in [0.15, 0.2) is 0 Å². The van der Waals surface area contributed by atoms with Gasteiger partial charge in [0.05, 0.1) is 6.54 Å². The Morgan fingerprint density at radius 1 is 1.16 bits per heavy atom. The second-order valence-electron chi connectivity index (χ2n) is 4.65. The van der Waals surface area contributed by atoms with Crippen LogP contribution in [0.5, 0.6) is 0 Å². The molecule has 0 aromatic rings. The van der Waals surface area contributed by atoms with Gasteiger partial charge in [-0.3, -0.25) is 9.69 Å². The van der Waals surface area contributed by atoms with Gasteiger partial charge in [0.15, 0.2) is 0 Å². The standard InChI is InChI=1S/C11H21F3N4O/c12-11(13,14)9-16-10(19)8-18-6-4-17(5-7-18)3-1-2-15/h1-9,15H2,(H,16,19). The number of rotatable bonds is 6. The summed E-state index contributed by atoms with van der Waals surface area (Å²) in [6.07, 6.45) is -3.41. The zero-order valence-electron chi connectivity index (χ0n) is 10.9. The fraction of sp³-hybridized carbons (Fsp3) is 0.909. The Morgan fingerprint density at radius 3 is 2.26 bits per heavy atom. The molecule has 1 rings (SSSR count). The predicted octanol–water partition coefficient (Wildman–Crippen LogP) is -0.369. The van der Waals surface area contributed by atoms with Gasteiger partial charge in [-0.05, 0) is 19.5 Å². The van der Waals surface area contributed by atoms with Crippen LogP contribution < -0.4 is 11.1 Å². The molecule has 1 saturated heterocycles. The minimum atomic E-state index is -4.35. The maximum absolute atomic E-state index is 11.9. The molecule has 0 bridgehead atoms. The molecule has 1 amide bonds. The molecule has 3 N–H and O–H groups in total. The summed E-state index contributed by atoms with van der Waals surface area (Å²) in [5.74, 6) is -0.576. The highest BCUT2D eigenvalue weighted by Crippen LogP contribution is 2.12. The fourth-order valence-corrected chi connectivity index (χ4v) is 1.94. The Kier molecular flexibility index (Phi) is 6.53. The molecule has 1 heterocycles. The first-order valence-electron chi connectivity index (χ1n) is 6.39. The van der Waals surface area contributed by atoms with E-state index in [9.17, 15) is 18.0 Å². The van der Waals surface area contributed by atoms with Gasteiger partial charge in [-0.1, -0.05) is 0 Å². The number of alkyl halides is 3. The zero-order chi connectivity index (χ0) is 14.3. The highest BCUT2D eigenvalue weighted by molar-refractivity contribution is 5.78. The van der Waals surface area contributed by atoms with Crippen LogP contribution in [-0.2, 0) is 4.79 Å². The van der Waals surface area contributed by atoms with Gasteiger partial charge in [0.1, 0.15) is 6.54 Å². The van der Waals surface area contributed by atoms with E-state index in [2.05, 4.69) is 4.90 Å². The molecule has 5 nitrogen and oxygen atoms in total. The lowest BCUT2D eigenvalue weighted by molar-refractivity contribution is -0.139. The van der Waals surface area contributed by atoms with Crippen molar-refractivity contribution in [3.8, 4) is 0 Å². The molecule has 0 radical (unpaired) electrons. The number of halogens is 3. The topological polar surface area (TPSA) is 61.6 Å². The van der Waals surface area contributed by atoms with E-state index >= 15 is 0 Å². The van der Waals surface area contributed by atoms with Gasteiger partial charge >= 0.3 is 6.18 Å². The van der Waals surface area contributed by atoms with E-state index in [1.165, 1.54) is 0 Å². The van der Waals surface area contributed by atoms with E-state index in [0.717, 1.165) is 26.1 Å². The zero-order valence-corrected chi connectivity index (χ0v) is 10.9. The molecule has 1 aliphatic rings.